The monoisotopic (exact) mass is 378 g/mol. The first-order valence-electron chi connectivity index (χ1n) is 9.79. The summed E-state index contributed by atoms with van der Waals surface area (Å²) in [6.45, 7) is 9.48. The molecule has 8 nitrogen and oxygen atoms in total. The fraction of sp³-hybridized carbons (Fsp3) is 0.789. The fourth-order valence-corrected chi connectivity index (χ4v) is 3.90. The van der Waals surface area contributed by atoms with E-state index in [1.54, 1.807) is 6.92 Å². The second-order valence-electron chi connectivity index (χ2n) is 8.51. The number of piperidine rings is 1. The number of aryl methyl sites for hydroxylation is 2. The van der Waals surface area contributed by atoms with E-state index in [1.807, 2.05) is 30.6 Å². The summed E-state index contributed by atoms with van der Waals surface area (Å²) in [6, 6.07) is 0.0659. The largest absolute Gasteiger partial charge is 0.444 e. The van der Waals surface area contributed by atoms with Crippen LogP contribution in [0.25, 0.3) is 0 Å². The van der Waals surface area contributed by atoms with Crippen molar-refractivity contribution in [3.05, 3.63) is 11.7 Å². The number of fused-ring (bicyclic) bond motifs is 1. The maximum Gasteiger partial charge on any atom is 0.410 e. The lowest BCUT2D eigenvalue weighted by Crippen LogP contribution is -2.52. The van der Waals surface area contributed by atoms with Crippen molar-refractivity contribution >= 4 is 12.0 Å². The molecule has 2 fully saturated rings. The van der Waals surface area contributed by atoms with Crippen molar-refractivity contribution in [1.29, 1.82) is 0 Å². The second kappa shape index (κ2) is 7.86. The van der Waals surface area contributed by atoms with Crippen molar-refractivity contribution in [2.75, 3.05) is 19.6 Å². The van der Waals surface area contributed by atoms with E-state index in [4.69, 9.17) is 9.26 Å². The van der Waals surface area contributed by atoms with Gasteiger partial charge in [-0.25, -0.2) is 4.79 Å². The van der Waals surface area contributed by atoms with Crippen molar-refractivity contribution in [3.8, 4) is 0 Å². The first-order chi connectivity index (χ1) is 12.7. The molecule has 27 heavy (non-hydrogen) atoms. The highest BCUT2D eigenvalue weighted by Gasteiger charge is 2.42. The van der Waals surface area contributed by atoms with Crippen LogP contribution in [0.15, 0.2) is 4.52 Å². The number of aromatic nitrogens is 2. The van der Waals surface area contributed by atoms with Crippen LogP contribution >= 0.6 is 0 Å². The van der Waals surface area contributed by atoms with Gasteiger partial charge in [-0.05, 0) is 52.9 Å². The Labute approximate surface area is 160 Å². The summed E-state index contributed by atoms with van der Waals surface area (Å²) in [6.07, 6.45) is 3.40. The molecule has 0 aliphatic carbocycles. The Bertz CT molecular complexity index is 681. The van der Waals surface area contributed by atoms with Gasteiger partial charge in [0.05, 0.1) is 6.04 Å². The molecule has 3 rings (SSSR count). The van der Waals surface area contributed by atoms with Crippen LogP contribution in [0.2, 0.25) is 0 Å². The SMILES string of the molecule is Cc1noc(CCCC(=O)N2CC[C@@H]3CCN(C(=O)OC(C)(C)C)[C@@H]3C2)n1. The van der Waals surface area contributed by atoms with Crippen molar-refractivity contribution in [2.45, 2.75) is 71.4 Å². The molecule has 2 aliphatic rings. The van der Waals surface area contributed by atoms with Gasteiger partial charge in [-0.15, -0.1) is 0 Å². The molecule has 2 aliphatic heterocycles. The summed E-state index contributed by atoms with van der Waals surface area (Å²) in [5.74, 6) is 1.77. The van der Waals surface area contributed by atoms with Crippen LogP contribution in [0.4, 0.5) is 4.79 Å². The van der Waals surface area contributed by atoms with Crippen LogP contribution < -0.4 is 0 Å². The van der Waals surface area contributed by atoms with Gasteiger partial charge in [-0.3, -0.25) is 4.79 Å². The molecule has 8 heteroatoms. The van der Waals surface area contributed by atoms with Crippen molar-refractivity contribution in [1.82, 2.24) is 19.9 Å². The number of carbonyl (C=O) groups excluding carboxylic acids is 2. The number of rotatable bonds is 4. The van der Waals surface area contributed by atoms with Crippen LogP contribution in [0.5, 0.6) is 0 Å². The van der Waals surface area contributed by atoms with Crippen LogP contribution in [-0.4, -0.2) is 63.2 Å². The molecule has 0 N–H and O–H groups in total. The van der Waals surface area contributed by atoms with Crippen LogP contribution in [0.3, 0.4) is 0 Å². The quantitative estimate of drug-likeness (QED) is 0.800. The van der Waals surface area contributed by atoms with E-state index in [1.165, 1.54) is 0 Å². The van der Waals surface area contributed by atoms with E-state index in [-0.39, 0.29) is 18.0 Å². The summed E-state index contributed by atoms with van der Waals surface area (Å²) in [4.78, 5) is 33.0. The van der Waals surface area contributed by atoms with Crippen molar-refractivity contribution in [2.24, 2.45) is 5.92 Å². The molecule has 1 aromatic rings. The highest BCUT2D eigenvalue weighted by molar-refractivity contribution is 5.76. The fourth-order valence-electron chi connectivity index (χ4n) is 3.90. The highest BCUT2D eigenvalue weighted by Crippen LogP contribution is 2.33. The molecular weight excluding hydrogens is 348 g/mol. The third kappa shape index (κ3) is 4.99. The second-order valence-corrected chi connectivity index (χ2v) is 8.51. The summed E-state index contributed by atoms with van der Waals surface area (Å²) >= 11 is 0. The van der Waals surface area contributed by atoms with Crippen LogP contribution in [-0.2, 0) is 16.0 Å². The number of likely N-dealkylation sites (tertiary alicyclic amines) is 2. The average molecular weight is 378 g/mol. The molecule has 2 saturated heterocycles. The Hall–Kier alpha value is -2.12. The first kappa shape index (κ1) is 19.6. The van der Waals surface area contributed by atoms with Gasteiger partial charge >= 0.3 is 6.09 Å². The van der Waals surface area contributed by atoms with Gasteiger partial charge in [0, 0.05) is 32.5 Å². The minimum Gasteiger partial charge on any atom is -0.444 e. The van der Waals surface area contributed by atoms with Crippen LogP contribution in [0.1, 0.15) is 58.2 Å². The molecule has 150 valence electrons. The summed E-state index contributed by atoms with van der Waals surface area (Å²) in [5, 5.41) is 3.76. The zero-order chi connectivity index (χ0) is 19.6. The van der Waals surface area contributed by atoms with Gasteiger partial charge in [-0.1, -0.05) is 5.16 Å². The molecule has 0 saturated carbocycles. The van der Waals surface area contributed by atoms with Gasteiger partial charge in [0.15, 0.2) is 5.82 Å². The number of hydrogen-bond acceptors (Lipinski definition) is 6. The summed E-state index contributed by atoms with van der Waals surface area (Å²) in [7, 11) is 0. The molecule has 2 atom stereocenters. The van der Waals surface area contributed by atoms with E-state index in [2.05, 4.69) is 10.1 Å². The number of hydrogen-bond donors (Lipinski definition) is 0. The predicted molar refractivity (Wildman–Crippen MR) is 98.0 cm³/mol. The van der Waals surface area contributed by atoms with Gasteiger partial charge < -0.3 is 19.1 Å². The highest BCUT2D eigenvalue weighted by atomic mass is 16.6. The van der Waals surface area contributed by atoms with Gasteiger partial charge in [-0.2, -0.15) is 4.98 Å². The average Bonchev–Trinajstić information content (AvgIpc) is 3.18. The van der Waals surface area contributed by atoms with E-state index < -0.39 is 5.60 Å². The topological polar surface area (TPSA) is 88.8 Å². The van der Waals surface area contributed by atoms with Gasteiger partial charge in [0.2, 0.25) is 11.8 Å². The molecule has 3 heterocycles. The number of amides is 2. The zero-order valence-electron chi connectivity index (χ0n) is 16.7. The van der Waals surface area contributed by atoms with Crippen molar-refractivity contribution in [3.63, 3.8) is 0 Å². The third-order valence-electron chi connectivity index (χ3n) is 5.19. The maximum atomic E-state index is 12.6. The number of ether oxygens (including phenoxy) is 1. The molecule has 0 bridgehead atoms. The molecule has 0 aromatic carbocycles. The molecule has 0 radical (unpaired) electrons. The predicted octanol–water partition coefficient (Wildman–Crippen LogP) is 2.56. The summed E-state index contributed by atoms with van der Waals surface area (Å²) < 4.78 is 10.6. The lowest BCUT2D eigenvalue weighted by molar-refractivity contribution is -0.133. The summed E-state index contributed by atoms with van der Waals surface area (Å²) in [5.41, 5.74) is -0.507. The Morgan fingerprint density at radius 3 is 2.67 bits per heavy atom. The minimum atomic E-state index is -0.507. The number of carbonyl (C=O) groups is 2. The van der Waals surface area contributed by atoms with Crippen LogP contribution in [0, 0.1) is 12.8 Å². The Balaban J connectivity index is 1.51. The first-order valence-corrected chi connectivity index (χ1v) is 9.79. The Morgan fingerprint density at radius 1 is 1.26 bits per heavy atom. The lowest BCUT2D eigenvalue weighted by Gasteiger charge is -2.38. The lowest BCUT2D eigenvalue weighted by atomic mass is 9.92. The normalized spacial score (nSPS) is 22.7. The van der Waals surface area contributed by atoms with Gasteiger partial charge in [0.1, 0.15) is 5.60 Å². The van der Waals surface area contributed by atoms with E-state index in [0.29, 0.717) is 50.0 Å². The van der Waals surface area contributed by atoms with E-state index in [0.717, 1.165) is 19.4 Å². The molecule has 1 aromatic heterocycles. The molecule has 2 amide bonds. The molecular formula is C19H30N4O4. The zero-order valence-corrected chi connectivity index (χ0v) is 16.7. The van der Waals surface area contributed by atoms with E-state index in [9.17, 15) is 9.59 Å². The van der Waals surface area contributed by atoms with Gasteiger partial charge in [0.25, 0.3) is 0 Å². The maximum absolute atomic E-state index is 12.6. The minimum absolute atomic E-state index is 0.0659. The Kier molecular flexibility index (Phi) is 5.72. The molecule has 0 spiro atoms. The smallest absolute Gasteiger partial charge is 0.410 e. The Morgan fingerprint density at radius 2 is 2.00 bits per heavy atom. The number of nitrogens with zero attached hydrogens (tertiary/aromatic N) is 4. The molecule has 0 unspecified atom stereocenters. The van der Waals surface area contributed by atoms with E-state index >= 15 is 0 Å². The standard InChI is InChI=1S/C19H30N4O4/c1-13-20-16(27-21-13)6-5-7-17(24)22-10-8-14-9-11-23(15(14)12-22)18(25)26-19(2,3)4/h14-15H,5-12H2,1-4H3/t14-,15-/m1/s1. The van der Waals surface area contributed by atoms with Crippen molar-refractivity contribution < 1.29 is 18.8 Å². The third-order valence-corrected chi connectivity index (χ3v) is 5.19.